The molecule has 0 aromatic heterocycles. The lowest BCUT2D eigenvalue weighted by atomic mass is 9.80. The van der Waals surface area contributed by atoms with E-state index in [2.05, 4.69) is 37.8 Å². The molecule has 25 heavy (non-hydrogen) atoms. The van der Waals surface area contributed by atoms with Crippen molar-refractivity contribution in [2.24, 2.45) is 11.8 Å². The summed E-state index contributed by atoms with van der Waals surface area (Å²) in [6.45, 7) is 6.81. The minimum absolute atomic E-state index is 0.362. The largest absolute Gasteiger partial charge is 0.494 e. The normalized spacial score (nSPS) is 20.0. The average Bonchev–Trinajstić information content (AvgIpc) is 2.64. The van der Waals surface area contributed by atoms with Crippen LogP contribution in [0.15, 0.2) is 36.9 Å². The summed E-state index contributed by atoms with van der Waals surface area (Å²) in [5.41, 5.74) is 1.40. The maximum atomic E-state index is 10.9. The molecule has 3 heteroatoms. The van der Waals surface area contributed by atoms with Crippen molar-refractivity contribution in [1.82, 2.24) is 0 Å². The highest BCUT2D eigenvalue weighted by molar-refractivity contribution is 5.81. The van der Waals surface area contributed by atoms with Gasteiger partial charge in [-0.05, 0) is 55.2 Å². The molecular weight excluding hydrogens is 312 g/mol. The molecular formula is C22H32O3. The van der Waals surface area contributed by atoms with Gasteiger partial charge in [0.2, 0.25) is 0 Å². The van der Waals surface area contributed by atoms with Crippen molar-refractivity contribution in [2.75, 3.05) is 13.2 Å². The van der Waals surface area contributed by atoms with E-state index in [1.807, 2.05) is 0 Å². The Balaban J connectivity index is 1.58. The van der Waals surface area contributed by atoms with Gasteiger partial charge >= 0.3 is 5.97 Å². The summed E-state index contributed by atoms with van der Waals surface area (Å²) in [6, 6.07) is 8.51. The maximum absolute atomic E-state index is 10.9. The highest BCUT2D eigenvalue weighted by Gasteiger charge is 2.17. The lowest BCUT2D eigenvalue weighted by Crippen LogP contribution is -2.12. The predicted octanol–water partition coefficient (Wildman–Crippen LogP) is 5.33. The highest BCUT2D eigenvalue weighted by Crippen LogP contribution is 2.31. The Labute approximate surface area is 152 Å². The van der Waals surface area contributed by atoms with Gasteiger partial charge in [0, 0.05) is 6.08 Å². The molecule has 0 spiro atoms. The second-order valence-electron chi connectivity index (χ2n) is 7.24. The van der Waals surface area contributed by atoms with E-state index in [4.69, 9.17) is 9.47 Å². The Morgan fingerprint density at radius 1 is 1.12 bits per heavy atom. The van der Waals surface area contributed by atoms with Gasteiger partial charge < -0.3 is 9.47 Å². The fourth-order valence-electron chi connectivity index (χ4n) is 3.37. The molecule has 138 valence electrons. The lowest BCUT2D eigenvalue weighted by Gasteiger charge is -2.26. The molecule has 0 heterocycles. The maximum Gasteiger partial charge on any atom is 0.330 e. The van der Waals surface area contributed by atoms with Gasteiger partial charge in [-0.1, -0.05) is 51.3 Å². The van der Waals surface area contributed by atoms with E-state index in [0.717, 1.165) is 30.4 Å². The number of benzene rings is 1. The molecule has 0 N–H and O–H groups in total. The molecule has 1 aromatic carbocycles. The second kappa shape index (κ2) is 11.0. The van der Waals surface area contributed by atoms with Crippen LogP contribution in [0.2, 0.25) is 0 Å². The van der Waals surface area contributed by atoms with Crippen LogP contribution < -0.4 is 4.74 Å². The van der Waals surface area contributed by atoms with Crippen molar-refractivity contribution in [1.29, 1.82) is 0 Å². The van der Waals surface area contributed by atoms with Gasteiger partial charge in [0.05, 0.1) is 13.2 Å². The number of ether oxygens (including phenoxy) is 2. The third-order valence-electron chi connectivity index (χ3n) is 5.12. The molecule has 0 saturated heterocycles. The Morgan fingerprint density at radius 3 is 2.48 bits per heavy atom. The number of carbonyl (C=O) groups is 1. The van der Waals surface area contributed by atoms with Crippen LogP contribution in [0, 0.1) is 11.8 Å². The molecule has 1 fully saturated rings. The summed E-state index contributed by atoms with van der Waals surface area (Å²) >= 11 is 0. The molecule has 2 rings (SSSR count). The van der Waals surface area contributed by atoms with Gasteiger partial charge in [-0.15, -0.1) is 0 Å². The molecule has 0 bridgehead atoms. The zero-order valence-electron chi connectivity index (χ0n) is 15.5. The van der Waals surface area contributed by atoms with Gasteiger partial charge in [0.1, 0.15) is 5.75 Å². The molecule has 3 nitrogen and oxygen atoms in total. The Hall–Kier alpha value is -1.77. The first-order valence-corrected chi connectivity index (χ1v) is 9.68. The number of carbonyl (C=O) groups excluding carboxylic acids is 1. The summed E-state index contributed by atoms with van der Waals surface area (Å²) in [5.74, 6) is 2.40. The van der Waals surface area contributed by atoms with Crippen LogP contribution in [-0.4, -0.2) is 19.2 Å². The van der Waals surface area contributed by atoms with Crippen molar-refractivity contribution in [3.05, 3.63) is 42.5 Å². The smallest absolute Gasteiger partial charge is 0.330 e. The molecule has 1 saturated carbocycles. The number of esters is 1. The number of unbranched alkanes of at least 4 members (excludes halogenated alkanes) is 1. The molecule has 1 aliphatic rings. The van der Waals surface area contributed by atoms with Crippen LogP contribution in [0.3, 0.4) is 0 Å². The topological polar surface area (TPSA) is 35.5 Å². The number of rotatable bonds is 10. The van der Waals surface area contributed by atoms with Gasteiger partial charge in [-0.2, -0.15) is 0 Å². The minimum atomic E-state index is -0.362. The zero-order chi connectivity index (χ0) is 17.9. The molecule has 0 atom stereocenters. The van der Waals surface area contributed by atoms with Gasteiger partial charge in [0.25, 0.3) is 0 Å². The first-order chi connectivity index (χ1) is 12.2. The molecule has 1 aliphatic carbocycles. The third kappa shape index (κ3) is 7.76. The van der Waals surface area contributed by atoms with Crippen molar-refractivity contribution in [3.63, 3.8) is 0 Å². The fourth-order valence-corrected chi connectivity index (χ4v) is 3.37. The van der Waals surface area contributed by atoms with E-state index in [1.165, 1.54) is 50.2 Å². The van der Waals surface area contributed by atoms with Crippen molar-refractivity contribution in [3.8, 4) is 5.75 Å². The van der Waals surface area contributed by atoms with E-state index in [0.29, 0.717) is 13.2 Å². The van der Waals surface area contributed by atoms with Crippen LogP contribution in [-0.2, 0) is 16.0 Å². The summed E-state index contributed by atoms with van der Waals surface area (Å²) in [7, 11) is 0. The Morgan fingerprint density at radius 2 is 1.80 bits per heavy atom. The fraction of sp³-hybridized carbons (Fsp3) is 0.591. The summed E-state index contributed by atoms with van der Waals surface area (Å²) < 4.78 is 10.7. The second-order valence-corrected chi connectivity index (χ2v) is 7.24. The van der Waals surface area contributed by atoms with E-state index < -0.39 is 0 Å². The van der Waals surface area contributed by atoms with Crippen LogP contribution in [0.25, 0.3) is 0 Å². The van der Waals surface area contributed by atoms with E-state index in [1.54, 1.807) is 0 Å². The predicted molar refractivity (Wildman–Crippen MR) is 102 cm³/mol. The van der Waals surface area contributed by atoms with Crippen molar-refractivity contribution < 1.29 is 14.3 Å². The SMILES string of the molecule is C=CC(=O)OCCCCOc1ccc(CCC2CCC(C)CC2)cc1. The standard InChI is InChI=1S/C22H32O3/c1-3-22(23)25-17-5-4-16-24-21-14-12-20(13-15-21)11-10-19-8-6-18(2)7-9-19/h3,12-15,18-19H,1,4-11,16-17H2,2H3. The molecule has 0 amide bonds. The monoisotopic (exact) mass is 344 g/mol. The lowest BCUT2D eigenvalue weighted by molar-refractivity contribution is -0.137. The number of hydrogen-bond donors (Lipinski definition) is 0. The van der Waals surface area contributed by atoms with Crippen LogP contribution >= 0.6 is 0 Å². The summed E-state index contributed by atoms with van der Waals surface area (Å²) in [4.78, 5) is 10.9. The van der Waals surface area contributed by atoms with Crippen LogP contribution in [0.1, 0.15) is 57.4 Å². The van der Waals surface area contributed by atoms with E-state index in [-0.39, 0.29) is 5.97 Å². The third-order valence-corrected chi connectivity index (χ3v) is 5.12. The van der Waals surface area contributed by atoms with Gasteiger partial charge in [-0.25, -0.2) is 4.79 Å². The molecule has 0 radical (unpaired) electrons. The molecule has 1 aromatic rings. The van der Waals surface area contributed by atoms with Crippen LogP contribution in [0.4, 0.5) is 0 Å². The Kier molecular flexibility index (Phi) is 8.58. The quantitative estimate of drug-likeness (QED) is 0.327. The van der Waals surface area contributed by atoms with Crippen molar-refractivity contribution >= 4 is 5.97 Å². The highest BCUT2D eigenvalue weighted by atomic mass is 16.5. The van der Waals surface area contributed by atoms with Crippen molar-refractivity contribution in [2.45, 2.75) is 58.3 Å². The van der Waals surface area contributed by atoms with Crippen LogP contribution in [0.5, 0.6) is 5.75 Å². The zero-order valence-corrected chi connectivity index (χ0v) is 15.5. The minimum Gasteiger partial charge on any atom is -0.494 e. The first kappa shape index (κ1) is 19.6. The number of aryl methyl sites for hydroxylation is 1. The van der Waals surface area contributed by atoms with E-state index >= 15 is 0 Å². The summed E-state index contributed by atoms with van der Waals surface area (Å²) in [6.07, 6.45) is 11.0. The molecule has 0 aliphatic heterocycles. The van der Waals surface area contributed by atoms with Gasteiger partial charge in [0.15, 0.2) is 0 Å². The Bertz CT molecular complexity index is 513. The molecule has 0 unspecified atom stereocenters. The van der Waals surface area contributed by atoms with E-state index in [9.17, 15) is 4.79 Å². The average molecular weight is 344 g/mol. The van der Waals surface area contributed by atoms with Gasteiger partial charge in [-0.3, -0.25) is 0 Å². The summed E-state index contributed by atoms with van der Waals surface area (Å²) in [5, 5.41) is 0. The number of hydrogen-bond acceptors (Lipinski definition) is 3. The first-order valence-electron chi connectivity index (χ1n) is 9.68.